The predicted octanol–water partition coefficient (Wildman–Crippen LogP) is 1.26. The van der Waals surface area contributed by atoms with Crippen LogP contribution in [0, 0.1) is 5.41 Å². The second-order valence-electron chi connectivity index (χ2n) is 3.58. The summed E-state index contributed by atoms with van der Waals surface area (Å²) < 4.78 is 29.2. The van der Waals surface area contributed by atoms with Gasteiger partial charge >= 0.3 is 9.15 Å². The van der Waals surface area contributed by atoms with Crippen LogP contribution in [-0.2, 0) is 9.15 Å². The first-order valence-electron chi connectivity index (χ1n) is 3.95. The van der Waals surface area contributed by atoms with Crippen molar-refractivity contribution in [2.75, 3.05) is 12.3 Å². The summed E-state index contributed by atoms with van der Waals surface area (Å²) in [6.45, 7) is 4.29. The van der Waals surface area contributed by atoms with Crippen LogP contribution in [0.4, 0.5) is 0 Å². The first-order valence-corrected chi connectivity index (χ1v) is 6.90. The molecule has 0 saturated carbocycles. The van der Waals surface area contributed by atoms with E-state index in [4.69, 9.17) is 10.4 Å². The molecule has 0 fully saturated rings. The molecule has 8 heteroatoms. The lowest BCUT2D eigenvalue weighted by Crippen LogP contribution is -2.17. The monoisotopic (exact) mass is 241 g/mol. The molecular weight excluding hydrogens is 226 g/mol. The molecule has 0 rings (SSSR count). The molecule has 84 valence electrons. The Morgan fingerprint density at radius 2 is 2.07 bits per heavy atom. The van der Waals surface area contributed by atoms with E-state index in [0.717, 1.165) is 0 Å². The van der Waals surface area contributed by atoms with Gasteiger partial charge in [0.15, 0.2) is 0 Å². The first-order chi connectivity index (χ1) is 6.27. The van der Waals surface area contributed by atoms with Crippen molar-refractivity contribution in [1.29, 1.82) is 0 Å². The summed E-state index contributed by atoms with van der Waals surface area (Å²) in [6.07, 6.45) is 0.608. The van der Waals surface area contributed by atoms with Crippen molar-refractivity contribution in [3.8, 4) is 0 Å². The maximum Gasteiger partial charge on any atom is 0.319 e. The molecule has 0 bridgehead atoms. The van der Waals surface area contributed by atoms with Crippen molar-refractivity contribution in [3.63, 3.8) is 0 Å². The molecule has 0 heterocycles. The fourth-order valence-electron chi connectivity index (χ4n) is 0.735. The molecule has 6 nitrogen and oxygen atoms in total. The zero-order valence-electron chi connectivity index (χ0n) is 8.17. The van der Waals surface area contributed by atoms with Crippen LogP contribution in [0.5, 0.6) is 0 Å². The van der Waals surface area contributed by atoms with E-state index in [1.54, 1.807) is 0 Å². The Balaban J connectivity index is 3.88. The molecule has 0 aromatic rings. The first kappa shape index (κ1) is 13.7. The third-order valence-electron chi connectivity index (χ3n) is 1.59. The molecule has 0 unspecified atom stereocenters. The van der Waals surface area contributed by atoms with Gasteiger partial charge in [0.25, 0.3) is 0 Å². The Labute approximate surface area is 87.5 Å². The van der Waals surface area contributed by atoms with Crippen LogP contribution >= 0.6 is 10.8 Å². The van der Waals surface area contributed by atoms with Crippen molar-refractivity contribution in [3.05, 3.63) is 0 Å². The maximum absolute atomic E-state index is 10.4. The maximum atomic E-state index is 10.4. The molecular formula is C6H15N3O3S2. The van der Waals surface area contributed by atoms with Crippen LogP contribution in [-0.4, -0.2) is 25.3 Å². The number of hydrogen-bond acceptors (Lipinski definition) is 5. The van der Waals surface area contributed by atoms with Crippen LogP contribution < -0.4 is 5.84 Å². The molecule has 0 aliphatic carbocycles. The van der Waals surface area contributed by atoms with Crippen LogP contribution in [0.3, 0.4) is 0 Å². The lowest BCUT2D eigenvalue weighted by Gasteiger charge is -2.20. The molecule has 0 atom stereocenters. The molecule has 0 aliphatic rings. The summed E-state index contributed by atoms with van der Waals surface area (Å²) in [5.41, 5.74) is -0.166. The summed E-state index contributed by atoms with van der Waals surface area (Å²) in [6, 6.07) is 0. The third kappa shape index (κ3) is 8.27. The van der Waals surface area contributed by atoms with Crippen molar-refractivity contribution >= 4 is 19.9 Å². The standard InChI is InChI=1S/C6H15N3O3S2/c1-6(2,5-8-9-7)3-4-13-14(10,11)12/h3-5H2,1-2H3,(H2,7,8)(H,10,11,12). The van der Waals surface area contributed by atoms with Crippen molar-refractivity contribution in [2.45, 2.75) is 20.3 Å². The van der Waals surface area contributed by atoms with Crippen LogP contribution in [0.25, 0.3) is 0 Å². The Kier molecular flexibility index (Phi) is 5.38. The molecule has 0 saturated heterocycles. The molecule has 0 radical (unpaired) electrons. The highest BCUT2D eigenvalue weighted by atomic mass is 33.1. The van der Waals surface area contributed by atoms with Gasteiger partial charge in [0.2, 0.25) is 0 Å². The fraction of sp³-hybridized carbons (Fsp3) is 1.00. The number of hydrogen-bond donors (Lipinski definition) is 2. The van der Waals surface area contributed by atoms with Gasteiger partial charge in [-0.3, -0.25) is 4.55 Å². The lowest BCUT2D eigenvalue weighted by molar-refractivity contribution is 0.362. The van der Waals surface area contributed by atoms with Gasteiger partial charge in [-0.25, -0.2) is 0 Å². The van der Waals surface area contributed by atoms with Gasteiger partial charge in [0.05, 0.1) is 6.54 Å². The summed E-state index contributed by atoms with van der Waals surface area (Å²) in [5.74, 6) is 5.18. The second kappa shape index (κ2) is 5.52. The molecule has 0 aliphatic heterocycles. The Morgan fingerprint density at radius 3 is 2.50 bits per heavy atom. The van der Waals surface area contributed by atoms with Gasteiger partial charge in [-0.2, -0.15) is 13.5 Å². The Bertz CT molecular complexity index is 287. The largest absolute Gasteiger partial charge is 0.319 e. The van der Waals surface area contributed by atoms with Gasteiger partial charge in [0.1, 0.15) is 0 Å². The van der Waals surface area contributed by atoms with E-state index < -0.39 is 9.15 Å². The van der Waals surface area contributed by atoms with E-state index >= 15 is 0 Å². The number of nitrogens with zero attached hydrogens (tertiary/aromatic N) is 2. The molecule has 0 amide bonds. The van der Waals surface area contributed by atoms with E-state index in [2.05, 4.69) is 10.3 Å². The quantitative estimate of drug-likeness (QED) is 0.239. The van der Waals surface area contributed by atoms with Crippen LogP contribution in [0.15, 0.2) is 10.3 Å². The van der Waals surface area contributed by atoms with E-state index in [1.807, 2.05) is 13.8 Å². The minimum Gasteiger partial charge on any atom is -0.305 e. The van der Waals surface area contributed by atoms with E-state index in [1.165, 1.54) is 0 Å². The van der Waals surface area contributed by atoms with E-state index in [0.29, 0.717) is 29.5 Å². The van der Waals surface area contributed by atoms with Gasteiger partial charge < -0.3 is 5.84 Å². The zero-order valence-corrected chi connectivity index (χ0v) is 9.81. The third-order valence-corrected chi connectivity index (χ3v) is 3.65. The summed E-state index contributed by atoms with van der Waals surface area (Å²) >= 11 is 0. The van der Waals surface area contributed by atoms with Gasteiger partial charge in [-0.1, -0.05) is 19.1 Å². The summed E-state index contributed by atoms with van der Waals surface area (Å²) in [4.78, 5) is 0. The minimum absolute atomic E-state index is 0.166. The summed E-state index contributed by atoms with van der Waals surface area (Å²) in [7, 11) is -3.41. The predicted molar refractivity (Wildman–Crippen MR) is 56.3 cm³/mol. The minimum atomic E-state index is -3.93. The Hall–Kier alpha value is -0.340. The highest BCUT2D eigenvalue weighted by molar-refractivity contribution is 8.69. The smallest absolute Gasteiger partial charge is 0.305 e. The van der Waals surface area contributed by atoms with Crippen molar-refractivity contribution in [1.82, 2.24) is 0 Å². The fourth-order valence-corrected chi connectivity index (χ4v) is 2.46. The number of rotatable bonds is 6. The van der Waals surface area contributed by atoms with E-state index in [-0.39, 0.29) is 5.41 Å². The second-order valence-corrected chi connectivity index (χ2v) is 7.05. The number of nitrogens with two attached hydrogens (primary N) is 1. The lowest BCUT2D eigenvalue weighted by atomic mass is 9.91. The molecule has 0 aromatic carbocycles. The average Bonchev–Trinajstić information content (AvgIpc) is 1.98. The van der Waals surface area contributed by atoms with Gasteiger partial charge in [-0.15, -0.1) is 0 Å². The highest BCUT2D eigenvalue weighted by Gasteiger charge is 2.18. The van der Waals surface area contributed by atoms with Crippen LogP contribution in [0.1, 0.15) is 20.3 Å². The SMILES string of the molecule is CC(C)(CCSS(=O)(=O)O)CN=NN. The van der Waals surface area contributed by atoms with E-state index in [9.17, 15) is 8.42 Å². The topological polar surface area (TPSA) is 105 Å². The molecule has 3 N–H and O–H groups in total. The summed E-state index contributed by atoms with van der Waals surface area (Å²) in [5, 5.41) is 6.77. The highest BCUT2D eigenvalue weighted by Crippen LogP contribution is 2.24. The van der Waals surface area contributed by atoms with Crippen molar-refractivity contribution in [2.24, 2.45) is 21.6 Å². The zero-order chi connectivity index (χ0) is 11.2. The molecule has 0 spiro atoms. The molecule has 0 aromatic heterocycles. The van der Waals surface area contributed by atoms with Crippen LogP contribution in [0.2, 0.25) is 0 Å². The van der Waals surface area contributed by atoms with Crippen molar-refractivity contribution < 1.29 is 13.0 Å². The Morgan fingerprint density at radius 1 is 1.50 bits per heavy atom. The average molecular weight is 241 g/mol. The normalized spacial score (nSPS) is 13.6. The van der Waals surface area contributed by atoms with Gasteiger partial charge in [0, 0.05) is 5.75 Å². The van der Waals surface area contributed by atoms with Gasteiger partial charge in [-0.05, 0) is 22.6 Å². The molecule has 14 heavy (non-hydrogen) atoms.